The van der Waals surface area contributed by atoms with E-state index in [0.29, 0.717) is 46.1 Å². The first-order valence-electron chi connectivity index (χ1n) is 11.1. The monoisotopic (exact) mass is 446 g/mol. The molecule has 4 rings (SSSR count). The molecule has 33 heavy (non-hydrogen) atoms. The van der Waals surface area contributed by atoms with E-state index < -0.39 is 5.97 Å². The van der Waals surface area contributed by atoms with Crippen molar-refractivity contribution in [2.24, 2.45) is 5.92 Å². The summed E-state index contributed by atoms with van der Waals surface area (Å²) in [6.07, 6.45) is 2.76. The highest BCUT2D eigenvalue weighted by Gasteiger charge is 2.33. The maximum Gasteiger partial charge on any atom is 0.343 e. The molecule has 1 aliphatic carbocycles. The second-order valence-corrected chi connectivity index (χ2v) is 8.69. The van der Waals surface area contributed by atoms with E-state index in [2.05, 4.69) is 0 Å². The summed E-state index contributed by atoms with van der Waals surface area (Å²) in [6, 6.07) is 17.1. The summed E-state index contributed by atoms with van der Waals surface area (Å²) in [4.78, 5) is 24.6. The Morgan fingerprint density at radius 3 is 2.48 bits per heavy atom. The van der Waals surface area contributed by atoms with E-state index in [-0.39, 0.29) is 17.5 Å². The Labute approximate surface area is 193 Å². The molecule has 0 N–H and O–H groups in total. The quantitative estimate of drug-likeness (QED) is 0.293. The van der Waals surface area contributed by atoms with Gasteiger partial charge in [-0.1, -0.05) is 24.3 Å². The highest BCUT2D eigenvalue weighted by molar-refractivity contribution is 5.93. The molecule has 0 bridgehead atoms. The summed E-state index contributed by atoms with van der Waals surface area (Å²) < 4.78 is 25.2. The van der Waals surface area contributed by atoms with Gasteiger partial charge in [0, 0.05) is 12.0 Å². The molecule has 0 saturated heterocycles. The Morgan fingerprint density at radius 2 is 1.82 bits per heavy atom. The predicted molar refractivity (Wildman–Crippen MR) is 125 cm³/mol. The van der Waals surface area contributed by atoms with E-state index in [4.69, 9.17) is 9.47 Å². The minimum Gasteiger partial charge on any atom is -0.497 e. The number of carbonyl (C=O) groups excluding carboxylic acids is 2. The fourth-order valence-electron chi connectivity index (χ4n) is 4.25. The average Bonchev–Trinajstić information content (AvgIpc) is 3.63. The first-order chi connectivity index (χ1) is 15.9. The minimum absolute atomic E-state index is 0.164. The first-order valence-corrected chi connectivity index (χ1v) is 11.1. The Morgan fingerprint density at radius 1 is 1.03 bits per heavy atom. The molecule has 0 amide bonds. The maximum absolute atomic E-state index is 14.3. The van der Waals surface area contributed by atoms with Crippen LogP contribution in [-0.4, -0.2) is 18.9 Å². The summed E-state index contributed by atoms with van der Waals surface area (Å²) in [5, 5.41) is 0. The first kappa shape index (κ1) is 22.7. The fourth-order valence-corrected chi connectivity index (χ4v) is 4.25. The number of halogens is 1. The van der Waals surface area contributed by atoms with Crippen LogP contribution in [0.3, 0.4) is 0 Å². The standard InChI is InChI=1S/C28H27FO4/c1-17-13-21(26-16-22(32-3)10-12-27(26)29)9-11-24(17)28(31)33-23-6-4-5-20(15-23)25(14-18(2)30)19-7-8-19/h4-6,9-13,15-16,19,25H,7-8,14H2,1-3H3/t25-/m0/s1. The number of carbonyl (C=O) groups is 2. The zero-order chi connectivity index (χ0) is 23.5. The third-order valence-electron chi connectivity index (χ3n) is 6.13. The average molecular weight is 447 g/mol. The van der Waals surface area contributed by atoms with Crippen LogP contribution in [-0.2, 0) is 4.79 Å². The molecule has 0 spiro atoms. The van der Waals surface area contributed by atoms with Crippen molar-refractivity contribution in [2.45, 2.75) is 39.0 Å². The third-order valence-corrected chi connectivity index (χ3v) is 6.13. The maximum atomic E-state index is 14.3. The van der Waals surface area contributed by atoms with Crippen molar-refractivity contribution >= 4 is 11.8 Å². The van der Waals surface area contributed by atoms with Crippen LogP contribution in [0.1, 0.15) is 53.6 Å². The van der Waals surface area contributed by atoms with E-state index in [1.165, 1.54) is 13.2 Å². The topological polar surface area (TPSA) is 52.6 Å². The van der Waals surface area contributed by atoms with Crippen LogP contribution in [0.15, 0.2) is 60.7 Å². The van der Waals surface area contributed by atoms with Crippen LogP contribution < -0.4 is 9.47 Å². The van der Waals surface area contributed by atoms with Crippen molar-refractivity contribution in [2.75, 3.05) is 7.11 Å². The molecule has 3 aromatic rings. The molecule has 0 heterocycles. The smallest absolute Gasteiger partial charge is 0.343 e. The molecule has 0 aliphatic heterocycles. The molecule has 1 saturated carbocycles. The summed E-state index contributed by atoms with van der Waals surface area (Å²) in [7, 11) is 1.53. The van der Waals surface area contributed by atoms with Gasteiger partial charge in [-0.15, -0.1) is 0 Å². The number of rotatable bonds is 8. The molecule has 1 aliphatic rings. The number of methoxy groups -OCH3 is 1. The van der Waals surface area contributed by atoms with Crippen LogP contribution in [0.5, 0.6) is 11.5 Å². The molecule has 170 valence electrons. The summed E-state index contributed by atoms with van der Waals surface area (Å²) in [6.45, 7) is 3.41. The van der Waals surface area contributed by atoms with Gasteiger partial charge in [0.25, 0.3) is 0 Å². The van der Waals surface area contributed by atoms with Crippen molar-refractivity contribution < 1.29 is 23.5 Å². The van der Waals surface area contributed by atoms with Gasteiger partial charge in [0.2, 0.25) is 0 Å². The van der Waals surface area contributed by atoms with Crippen molar-refractivity contribution in [1.29, 1.82) is 0 Å². The lowest BCUT2D eigenvalue weighted by Gasteiger charge is -2.16. The lowest BCUT2D eigenvalue weighted by molar-refractivity contribution is -0.117. The summed E-state index contributed by atoms with van der Waals surface area (Å²) in [5.74, 6) is 1.02. The SMILES string of the molecule is COc1ccc(F)c(-c2ccc(C(=O)Oc3cccc([C@@H](CC(C)=O)C4CC4)c3)c(C)c2)c1. The van der Waals surface area contributed by atoms with Crippen LogP contribution in [0.25, 0.3) is 11.1 Å². The molecule has 4 nitrogen and oxygen atoms in total. The lowest BCUT2D eigenvalue weighted by atomic mass is 9.89. The number of Topliss-reactive ketones (excluding diaryl/α,β-unsaturated/α-hetero) is 1. The van der Waals surface area contributed by atoms with Gasteiger partial charge >= 0.3 is 5.97 Å². The van der Waals surface area contributed by atoms with E-state index in [1.54, 1.807) is 50.2 Å². The zero-order valence-electron chi connectivity index (χ0n) is 19.1. The Kier molecular flexibility index (Phi) is 6.59. The Bertz CT molecular complexity index is 1200. The zero-order valence-corrected chi connectivity index (χ0v) is 19.1. The molecule has 0 unspecified atom stereocenters. The largest absolute Gasteiger partial charge is 0.497 e. The second kappa shape index (κ2) is 9.57. The molecular formula is C28H27FO4. The van der Waals surface area contributed by atoms with Crippen LogP contribution in [0.2, 0.25) is 0 Å². The van der Waals surface area contributed by atoms with Gasteiger partial charge in [0.05, 0.1) is 12.7 Å². The molecule has 1 atom stereocenters. The van der Waals surface area contributed by atoms with E-state index in [1.807, 2.05) is 18.2 Å². The number of esters is 1. The van der Waals surface area contributed by atoms with Crippen molar-refractivity contribution in [3.8, 4) is 22.6 Å². The summed E-state index contributed by atoms with van der Waals surface area (Å²) in [5.41, 5.74) is 3.18. The number of aryl methyl sites for hydroxylation is 1. The number of hydrogen-bond donors (Lipinski definition) is 0. The molecule has 5 heteroatoms. The van der Waals surface area contributed by atoms with Gasteiger partial charge in [0.15, 0.2) is 0 Å². The number of hydrogen-bond acceptors (Lipinski definition) is 4. The van der Waals surface area contributed by atoms with Gasteiger partial charge in [-0.05, 0) is 91.6 Å². The highest BCUT2D eigenvalue weighted by atomic mass is 19.1. The molecule has 0 aromatic heterocycles. The highest BCUT2D eigenvalue weighted by Crippen LogP contribution is 2.45. The van der Waals surface area contributed by atoms with Crippen molar-refractivity contribution in [1.82, 2.24) is 0 Å². The van der Waals surface area contributed by atoms with Crippen LogP contribution >= 0.6 is 0 Å². The van der Waals surface area contributed by atoms with Gasteiger partial charge < -0.3 is 14.3 Å². The van der Waals surface area contributed by atoms with Gasteiger partial charge in [-0.3, -0.25) is 0 Å². The van der Waals surface area contributed by atoms with E-state index in [9.17, 15) is 14.0 Å². The fraction of sp³-hybridized carbons (Fsp3) is 0.286. The van der Waals surface area contributed by atoms with Crippen LogP contribution in [0.4, 0.5) is 4.39 Å². The van der Waals surface area contributed by atoms with Gasteiger partial charge in [-0.2, -0.15) is 0 Å². The normalized spacial score (nSPS) is 13.9. The van der Waals surface area contributed by atoms with Gasteiger partial charge in [0.1, 0.15) is 23.1 Å². The third kappa shape index (κ3) is 5.30. The van der Waals surface area contributed by atoms with E-state index in [0.717, 1.165) is 18.4 Å². The lowest BCUT2D eigenvalue weighted by Crippen LogP contribution is -2.11. The van der Waals surface area contributed by atoms with E-state index >= 15 is 0 Å². The summed E-state index contributed by atoms with van der Waals surface area (Å²) >= 11 is 0. The minimum atomic E-state index is -0.475. The number of benzene rings is 3. The van der Waals surface area contributed by atoms with Crippen molar-refractivity contribution in [3.05, 3.63) is 83.2 Å². The molecule has 3 aromatic carbocycles. The van der Waals surface area contributed by atoms with Crippen LogP contribution in [0, 0.1) is 18.7 Å². The van der Waals surface area contributed by atoms with Gasteiger partial charge in [-0.25, -0.2) is 9.18 Å². The number of ketones is 1. The second-order valence-electron chi connectivity index (χ2n) is 8.69. The predicted octanol–water partition coefficient (Wildman–Crippen LogP) is 6.50. The molecule has 1 fully saturated rings. The Hall–Kier alpha value is -3.47. The molecule has 0 radical (unpaired) electrons. The van der Waals surface area contributed by atoms with Crippen molar-refractivity contribution in [3.63, 3.8) is 0 Å². The molecular weight excluding hydrogens is 419 g/mol. The Balaban J connectivity index is 1.54. The number of ether oxygens (including phenoxy) is 2.